The second-order valence-electron chi connectivity index (χ2n) is 15.5. The zero-order valence-corrected chi connectivity index (χ0v) is 43.6. The van der Waals surface area contributed by atoms with Gasteiger partial charge < -0.3 is 80.5 Å². The van der Waals surface area contributed by atoms with Crippen LogP contribution in [0.25, 0.3) is 0 Å². The summed E-state index contributed by atoms with van der Waals surface area (Å²) in [6.07, 6.45) is 1.45. The van der Waals surface area contributed by atoms with Crippen LogP contribution in [0, 0.1) is 0 Å². The Kier molecular flexibility index (Phi) is 37.9. The lowest BCUT2D eigenvalue weighted by Gasteiger charge is -2.15. The van der Waals surface area contributed by atoms with Crippen molar-refractivity contribution in [2.75, 3.05) is 185 Å². The summed E-state index contributed by atoms with van der Waals surface area (Å²) < 4.78 is 97.5. The Balaban J connectivity index is 1.65. The second-order valence-corrected chi connectivity index (χ2v) is 15.5. The van der Waals surface area contributed by atoms with Gasteiger partial charge in [-0.15, -0.1) is 0 Å². The van der Waals surface area contributed by atoms with Crippen molar-refractivity contribution in [2.45, 2.75) is 54.1 Å². The van der Waals surface area contributed by atoms with Crippen molar-refractivity contribution >= 4 is 0 Å². The van der Waals surface area contributed by atoms with E-state index in [0.29, 0.717) is 214 Å². The van der Waals surface area contributed by atoms with Crippen molar-refractivity contribution < 1.29 is 80.5 Å². The molecule has 0 N–H and O–H groups in total. The van der Waals surface area contributed by atoms with E-state index in [1.54, 1.807) is 0 Å². The van der Waals surface area contributed by atoms with Crippen LogP contribution in [0.2, 0.25) is 0 Å². The number of hydrogen-bond acceptors (Lipinski definition) is 17. The van der Waals surface area contributed by atoms with E-state index in [1.807, 2.05) is 64.1 Å². The van der Waals surface area contributed by atoms with Crippen molar-refractivity contribution in [3.63, 3.8) is 0 Å². The van der Waals surface area contributed by atoms with Crippen molar-refractivity contribution in [3.8, 4) is 28.7 Å². The predicted molar refractivity (Wildman–Crippen MR) is 270 cm³/mol. The summed E-state index contributed by atoms with van der Waals surface area (Å²) in [6, 6.07) is 18.1. The molecule has 0 saturated heterocycles. The van der Waals surface area contributed by atoms with Crippen LogP contribution in [0.15, 0.2) is 54.6 Å². The highest BCUT2D eigenvalue weighted by atomic mass is 16.6. The van der Waals surface area contributed by atoms with E-state index in [2.05, 4.69) is 25.1 Å². The van der Waals surface area contributed by atoms with Gasteiger partial charge in [0.1, 0.15) is 61.8 Å². The summed E-state index contributed by atoms with van der Waals surface area (Å²) in [7, 11) is 0. The lowest BCUT2D eigenvalue weighted by atomic mass is 10.0. The van der Waals surface area contributed by atoms with Crippen LogP contribution in [0.5, 0.6) is 28.7 Å². The molecule has 404 valence electrons. The minimum absolute atomic E-state index is 0.287. The topological polar surface area (TPSA) is 157 Å². The SMILES string of the molecule is CCOCCOCCOCCOc1cc(COc2cc(CC)cc(Cc3cc(OCCOCCOCCOCC)cc(OCCOCCOCCOCC)c3)c2)cc(OCCOCCOCCOCC)c1. The molecule has 3 aromatic carbocycles. The molecule has 0 radical (unpaired) electrons. The molecule has 0 heterocycles. The second kappa shape index (κ2) is 43.7. The molecule has 3 rings (SSSR count). The molecule has 0 spiro atoms. The number of ether oxygens (including phenoxy) is 17. The molecular weight excluding hydrogens is 921 g/mol. The Morgan fingerprint density at radius 2 is 0.465 bits per heavy atom. The third kappa shape index (κ3) is 32.8. The first-order valence-corrected chi connectivity index (χ1v) is 25.5. The van der Waals surface area contributed by atoms with Gasteiger partial charge in [0, 0.05) is 38.6 Å². The summed E-state index contributed by atoms with van der Waals surface area (Å²) >= 11 is 0. The maximum Gasteiger partial charge on any atom is 0.123 e. The van der Waals surface area contributed by atoms with Gasteiger partial charge in [-0.25, -0.2) is 0 Å². The Bertz CT molecular complexity index is 1610. The quantitative estimate of drug-likeness (QED) is 0.0522. The fraction of sp³-hybridized carbons (Fsp3) is 0.667. The van der Waals surface area contributed by atoms with Gasteiger partial charge in [0.2, 0.25) is 0 Å². The van der Waals surface area contributed by atoms with Crippen molar-refractivity contribution in [3.05, 3.63) is 76.9 Å². The van der Waals surface area contributed by atoms with Crippen molar-refractivity contribution in [1.29, 1.82) is 0 Å². The molecule has 0 atom stereocenters. The van der Waals surface area contributed by atoms with Crippen molar-refractivity contribution in [1.82, 2.24) is 0 Å². The zero-order valence-electron chi connectivity index (χ0n) is 43.6. The van der Waals surface area contributed by atoms with E-state index >= 15 is 0 Å². The fourth-order valence-electron chi connectivity index (χ4n) is 6.51. The predicted octanol–water partition coefficient (Wildman–Crippen LogP) is 7.21. The molecule has 0 amide bonds. The smallest absolute Gasteiger partial charge is 0.123 e. The van der Waals surface area contributed by atoms with Gasteiger partial charge in [0.05, 0.1) is 132 Å². The number of rotatable bonds is 50. The van der Waals surface area contributed by atoms with Gasteiger partial charge in [-0.1, -0.05) is 13.0 Å². The van der Waals surface area contributed by atoms with Gasteiger partial charge in [0.25, 0.3) is 0 Å². The van der Waals surface area contributed by atoms with Crippen LogP contribution < -0.4 is 23.7 Å². The summed E-state index contributed by atoms with van der Waals surface area (Å²) in [5.41, 5.74) is 4.14. The van der Waals surface area contributed by atoms with Gasteiger partial charge in [-0.3, -0.25) is 0 Å². The molecule has 17 nitrogen and oxygen atoms in total. The number of aryl methyl sites for hydroxylation is 1. The van der Waals surface area contributed by atoms with Gasteiger partial charge >= 0.3 is 0 Å². The highest BCUT2D eigenvalue weighted by Crippen LogP contribution is 2.29. The van der Waals surface area contributed by atoms with Gasteiger partial charge in [-0.2, -0.15) is 0 Å². The lowest BCUT2D eigenvalue weighted by molar-refractivity contribution is 0.0109. The normalized spacial score (nSPS) is 11.3. The summed E-state index contributed by atoms with van der Waals surface area (Å²) in [6.45, 7) is 24.4. The van der Waals surface area contributed by atoms with Crippen LogP contribution in [-0.4, -0.2) is 185 Å². The zero-order chi connectivity index (χ0) is 50.5. The maximum atomic E-state index is 6.50. The van der Waals surface area contributed by atoms with E-state index in [9.17, 15) is 0 Å². The molecule has 0 bridgehead atoms. The summed E-state index contributed by atoms with van der Waals surface area (Å²) in [4.78, 5) is 0. The third-order valence-corrected chi connectivity index (χ3v) is 9.91. The lowest BCUT2D eigenvalue weighted by Crippen LogP contribution is -2.13. The third-order valence-electron chi connectivity index (χ3n) is 9.91. The molecule has 0 aliphatic carbocycles. The number of benzene rings is 3. The highest BCUT2D eigenvalue weighted by molar-refractivity contribution is 5.43. The largest absolute Gasteiger partial charge is 0.491 e. The Morgan fingerprint density at radius 1 is 0.225 bits per heavy atom. The molecule has 17 heteroatoms. The molecule has 0 fully saturated rings. The standard InChI is InChI=1S/C54H86O17/c1-6-46-35-47(36-48-39-51(67-31-27-63-23-19-59-15-11-55-7-2)43-52(40-48)68-32-28-64-24-20-60-16-12-56-8-3)38-50(37-46)71-45-49-41-53(69-33-29-65-25-21-61-17-13-57-9-4)44-54(42-49)70-34-30-66-26-22-62-18-14-58-10-5/h35,37-44H,6-34,36,45H2,1-5H3. The fourth-order valence-corrected chi connectivity index (χ4v) is 6.51. The number of hydrogen-bond donors (Lipinski definition) is 0. The van der Waals surface area contributed by atoms with Crippen molar-refractivity contribution in [2.24, 2.45) is 0 Å². The van der Waals surface area contributed by atoms with E-state index in [4.69, 9.17) is 80.5 Å². The first kappa shape index (κ1) is 61.5. The van der Waals surface area contributed by atoms with Crippen LogP contribution in [0.3, 0.4) is 0 Å². The molecule has 71 heavy (non-hydrogen) atoms. The Hall–Kier alpha value is -3.82. The summed E-state index contributed by atoms with van der Waals surface area (Å²) in [5, 5.41) is 0. The molecular formula is C54H86O17. The van der Waals surface area contributed by atoms with Crippen LogP contribution in [-0.2, 0) is 76.3 Å². The minimum atomic E-state index is 0.287. The monoisotopic (exact) mass is 1010 g/mol. The average molecular weight is 1010 g/mol. The maximum absolute atomic E-state index is 6.50. The van der Waals surface area contributed by atoms with E-state index in [0.717, 1.165) is 34.4 Å². The van der Waals surface area contributed by atoms with Crippen LogP contribution in [0.4, 0.5) is 0 Å². The van der Waals surface area contributed by atoms with Gasteiger partial charge in [0.15, 0.2) is 0 Å². The molecule has 0 aliphatic rings. The van der Waals surface area contributed by atoms with Crippen LogP contribution >= 0.6 is 0 Å². The van der Waals surface area contributed by atoms with Crippen LogP contribution in [0.1, 0.15) is 56.9 Å². The molecule has 0 saturated carbocycles. The minimum Gasteiger partial charge on any atom is -0.491 e. The Labute approximate surface area is 424 Å². The van der Waals surface area contributed by atoms with E-state index < -0.39 is 0 Å². The average Bonchev–Trinajstić information content (AvgIpc) is 3.37. The first-order chi connectivity index (χ1) is 35.1. The first-order valence-electron chi connectivity index (χ1n) is 25.5. The highest BCUT2D eigenvalue weighted by Gasteiger charge is 2.11. The summed E-state index contributed by atoms with van der Waals surface area (Å²) in [5.74, 6) is 3.41. The van der Waals surface area contributed by atoms with Gasteiger partial charge in [-0.05, 0) is 99.2 Å². The molecule has 0 unspecified atom stereocenters. The Morgan fingerprint density at radius 3 is 0.761 bits per heavy atom. The molecule has 0 aliphatic heterocycles. The van der Waals surface area contributed by atoms with E-state index in [-0.39, 0.29) is 6.61 Å². The van der Waals surface area contributed by atoms with E-state index in [1.165, 1.54) is 0 Å². The molecule has 3 aromatic rings. The molecule has 0 aromatic heterocycles.